The van der Waals surface area contributed by atoms with Gasteiger partial charge in [0.1, 0.15) is 5.75 Å². The molecule has 0 saturated carbocycles. The number of hydrogen-bond donors (Lipinski definition) is 0. The monoisotopic (exact) mass is 310 g/mol. The normalized spacial score (nSPS) is 12.3. The minimum Gasteiger partial charge on any atom is -0.496 e. The second-order valence-electron chi connectivity index (χ2n) is 7.83. The van der Waals surface area contributed by atoms with E-state index in [1.165, 1.54) is 16.7 Å². The molecule has 0 radical (unpaired) electrons. The molecule has 0 heterocycles. The molecule has 2 aromatic carbocycles. The second kappa shape index (κ2) is 6.78. The summed E-state index contributed by atoms with van der Waals surface area (Å²) in [6, 6.07) is 17.3. The Kier molecular flexibility index (Phi) is 5.19. The van der Waals surface area contributed by atoms with Crippen LogP contribution in [-0.4, -0.2) is 7.11 Å². The van der Waals surface area contributed by atoms with Crippen LogP contribution in [0.25, 0.3) is 0 Å². The molecule has 0 N–H and O–H groups in total. The Morgan fingerprint density at radius 1 is 0.783 bits per heavy atom. The number of hydrogen-bond acceptors (Lipinski definition) is 1. The first kappa shape index (κ1) is 17.6. The van der Waals surface area contributed by atoms with Crippen molar-refractivity contribution in [3.8, 4) is 5.75 Å². The van der Waals surface area contributed by atoms with Crippen LogP contribution in [0.1, 0.15) is 57.2 Å². The van der Waals surface area contributed by atoms with E-state index in [0.29, 0.717) is 0 Å². The molecule has 23 heavy (non-hydrogen) atoms. The summed E-state index contributed by atoms with van der Waals surface area (Å²) in [5.74, 6) is 0.991. The molecule has 0 bridgehead atoms. The van der Waals surface area contributed by atoms with Crippen LogP contribution in [0.4, 0.5) is 0 Å². The van der Waals surface area contributed by atoms with Crippen molar-refractivity contribution in [3.63, 3.8) is 0 Å². The first-order valence-electron chi connectivity index (χ1n) is 8.47. The van der Waals surface area contributed by atoms with E-state index in [9.17, 15) is 0 Å². The summed E-state index contributed by atoms with van der Waals surface area (Å²) in [6.45, 7) is 11.5. The maximum absolute atomic E-state index is 5.56. The molecule has 0 saturated heterocycles. The Labute approximate surface area is 141 Å². The van der Waals surface area contributed by atoms with E-state index in [0.717, 1.165) is 18.6 Å². The van der Waals surface area contributed by atoms with Crippen LogP contribution in [0.15, 0.2) is 48.5 Å². The highest BCUT2D eigenvalue weighted by atomic mass is 16.5. The molecule has 2 aromatic rings. The molecular formula is C22H30O. The predicted octanol–water partition coefficient (Wildman–Crippen LogP) is 6.04. The molecule has 1 heteroatoms. The molecule has 0 atom stereocenters. The maximum Gasteiger partial charge on any atom is 0.122 e. The highest BCUT2D eigenvalue weighted by Gasteiger charge is 2.28. The van der Waals surface area contributed by atoms with E-state index in [2.05, 4.69) is 77.1 Å². The zero-order chi connectivity index (χ0) is 17.1. The molecule has 0 aliphatic rings. The zero-order valence-electron chi connectivity index (χ0n) is 15.4. The lowest BCUT2D eigenvalue weighted by Gasteiger charge is -2.33. The van der Waals surface area contributed by atoms with Gasteiger partial charge in [-0.15, -0.1) is 0 Å². The molecule has 0 amide bonds. The van der Waals surface area contributed by atoms with Crippen molar-refractivity contribution in [2.75, 3.05) is 7.11 Å². The van der Waals surface area contributed by atoms with Crippen molar-refractivity contribution in [1.82, 2.24) is 0 Å². The van der Waals surface area contributed by atoms with Crippen molar-refractivity contribution in [3.05, 3.63) is 65.2 Å². The summed E-state index contributed by atoms with van der Waals surface area (Å²) >= 11 is 0. The summed E-state index contributed by atoms with van der Waals surface area (Å²) in [5, 5.41) is 0. The Bertz CT molecular complexity index is 635. The van der Waals surface area contributed by atoms with Gasteiger partial charge in [0.2, 0.25) is 0 Å². The lowest BCUT2D eigenvalue weighted by atomic mass is 9.72. The minimum absolute atomic E-state index is 0.0918. The largest absolute Gasteiger partial charge is 0.496 e. The molecule has 124 valence electrons. The molecule has 0 spiro atoms. The van der Waals surface area contributed by atoms with Crippen molar-refractivity contribution in [1.29, 1.82) is 0 Å². The number of para-hydroxylation sites is 1. The van der Waals surface area contributed by atoms with Gasteiger partial charge in [0, 0.05) is 0 Å². The van der Waals surface area contributed by atoms with Gasteiger partial charge in [-0.05, 0) is 47.8 Å². The van der Waals surface area contributed by atoms with Crippen molar-refractivity contribution < 1.29 is 4.74 Å². The topological polar surface area (TPSA) is 9.23 Å². The summed E-state index contributed by atoms with van der Waals surface area (Å²) in [4.78, 5) is 0. The fraction of sp³-hybridized carbons (Fsp3) is 0.455. The number of aryl methyl sites for hydroxylation is 1. The first-order chi connectivity index (χ1) is 10.8. The molecular weight excluding hydrogens is 280 g/mol. The van der Waals surface area contributed by atoms with Gasteiger partial charge in [-0.1, -0.05) is 75.7 Å². The van der Waals surface area contributed by atoms with E-state index in [1.807, 2.05) is 6.07 Å². The van der Waals surface area contributed by atoms with Gasteiger partial charge in [0.25, 0.3) is 0 Å². The average Bonchev–Trinajstić information content (AvgIpc) is 2.53. The number of ether oxygens (including phenoxy) is 1. The second-order valence-corrected chi connectivity index (χ2v) is 7.83. The van der Waals surface area contributed by atoms with E-state index >= 15 is 0 Å². The van der Waals surface area contributed by atoms with Gasteiger partial charge in [-0.3, -0.25) is 0 Å². The minimum atomic E-state index is 0.0918. The predicted molar refractivity (Wildman–Crippen MR) is 99.5 cm³/mol. The highest BCUT2D eigenvalue weighted by molar-refractivity contribution is 5.39. The van der Waals surface area contributed by atoms with Gasteiger partial charge in [0.05, 0.1) is 7.11 Å². The Morgan fingerprint density at radius 3 is 1.96 bits per heavy atom. The number of rotatable bonds is 6. The van der Waals surface area contributed by atoms with E-state index < -0.39 is 0 Å². The lowest BCUT2D eigenvalue weighted by molar-refractivity contribution is 0.352. The molecule has 0 unspecified atom stereocenters. The van der Waals surface area contributed by atoms with Crippen LogP contribution in [0, 0.1) is 6.92 Å². The van der Waals surface area contributed by atoms with Gasteiger partial charge in [0.15, 0.2) is 0 Å². The highest BCUT2D eigenvalue weighted by Crippen LogP contribution is 2.39. The summed E-state index contributed by atoms with van der Waals surface area (Å²) in [6.07, 6.45) is 2.26. The third kappa shape index (κ3) is 4.16. The van der Waals surface area contributed by atoms with Gasteiger partial charge in [-0.25, -0.2) is 0 Å². The van der Waals surface area contributed by atoms with Crippen LogP contribution >= 0.6 is 0 Å². The SMILES string of the molecule is COc1ccccc1C(C)(C)CCC(C)(C)c1ccc(C)cc1. The van der Waals surface area contributed by atoms with E-state index in [-0.39, 0.29) is 10.8 Å². The molecule has 0 aliphatic heterocycles. The fourth-order valence-corrected chi connectivity index (χ4v) is 3.11. The maximum atomic E-state index is 5.56. The van der Waals surface area contributed by atoms with E-state index in [1.54, 1.807) is 7.11 Å². The fourth-order valence-electron chi connectivity index (χ4n) is 3.11. The third-order valence-corrected chi connectivity index (χ3v) is 5.04. The molecule has 0 aromatic heterocycles. The standard InChI is InChI=1S/C22H30O/c1-17-11-13-18(14-12-17)21(2,3)15-16-22(4,5)19-9-7-8-10-20(19)23-6/h7-14H,15-16H2,1-6H3. The lowest BCUT2D eigenvalue weighted by Crippen LogP contribution is -2.24. The van der Waals surface area contributed by atoms with Gasteiger partial charge in [-0.2, -0.15) is 0 Å². The first-order valence-corrected chi connectivity index (χ1v) is 8.47. The summed E-state index contributed by atoms with van der Waals surface area (Å²) in [7, 11) is 1.76. The summed E-state index contributed by atoms with van der Waals surface area (Å²) < 4.78 is 5.56. The van der Waals surface area contributed by atoms with Crippen LogP contribution in [0.2, 0.25) is 0 Å². The molecule has 2 rings (SSSR count). The molecule has 0 fully saturated rings. The average molecular weight is 310 g/mol. The van der Waals surface area contributed by atoms with Crippen molar-refractivity contribution in [2.45, 2.75) is 58.3 Å². The van der Waals surface area contributed by atoms with Crippen LogP contribution < -0.4 is 4.74 Å². The van der Waals surface area contributed by atoms with Crippen LogP contribution in [0.5, 0.6) is 5.75 Å². The Morgan fingerprint density at radius 2 is 1.35 bits per heavy atom. The van der Waals surface area contributed by atoms with E-state index in [4.69, 9.17) is 4.74 Å². The summed E-state index contributed by atoms with van der Waals surface area (Å²) in [5.41, 5.74) is 4.29. The van der Waals surface area contributed by atoms with Crippen LogP contribution in [-0.2, 0) is 10.8 Å². The quantitative estimate of drug-likeness (QED) is 0.632. The number of methoxy groups -OCH3 is 1. The van der Waals surface area contributed by atoms with Gasteiger partial charge < -0.3 is 4.74 Å². The number of benzene rings is 2. The zero-order valence-corrected chi connectivity index (χ0v) is 15.4. The van der Waals surface area contributed by atoms with Crippen molar-refractivity contribution >= 4 is 0 Å². The molecule has 0 aliphatic carbocycles. The van der Waals surface area contributed by atoms with Crippen LogP contribution in [0.3, 0.4) is 0 Å². The Hall–Kier alpha value is -1.76. The van der Waals surface area contributed by atoms with Gasteiger partial charge >= 0.3 is 0 Å². The van der Waals surface area contributed by atoms with Crippen molar-refractivity contribution in [2.24, 2.45) is 0 Å². The smallest absolute Gasteiger partial charge is 0.122 e. The Balaban J connectivity index is 2.16. The molecule has 1 nitrogen and oxygen atoms in total. The third-order valence-electron chi connectivity index (χ3n) is 5.04.